The highest BCUT2D eigenvalue weighted by Gasteiger charge is 2.10. The number of nitrogens with two attached hydrogens (primary N) is 1. The number of rotatable bonds is 0. The second-order valence-electron chi connectivity index (χ2n) is 3.47. The maximum Gasteiger partial charge on any atom is 0.162 e. The zero-order chi connectivity index (χ0) is 10.4. The van der Waals surface area contributed by atoms with Gasteiger partial charge in [-0.1, -0.05) is 18.2 Å². The molecule has 0 aliphatic heterocycles. The van der Waals surface area contributed by atoms with Crippen LogP contribution in [0.15, 0.2) is 40.8 Å². The lowest BCUT2D eigenvalue weighted by Crippen LogP contribution is -1.85. The minimum Gasteiger partial charge on any atom is -0.506 e. The van der Waals surface area contributed by atoms with E-state index in [4.69, 9.17) is 10.2 Å². The Labute approximate surface area is 85.7 Å². The Bertz CT molecular complexity index is 655. The van der Waals surface area contributed by atoms with E-state index in [1.807, 2.05) is 30.3 Å². The Kier molecular flexibility index (Phi) is 1.45. The number of hydrogen-bond donors (Lipinski definition) is 2. The molecule has 1 heterocycles. The quantitative estimate of drug-likeness (QED) is 0.432. The molecule has 0 bridgehead atoms. The summed E-state index contributed by atoms with van der Waals surface area (Å²) in [6.07, 6.45) is 0. The van der Waals surface area contributed by atoms with Gasteiger partial charge in [-0.3, -0.25) is 0 Å². The van der Waals surface area contributed by atoms with Gasteiger partial charge in [-0.15, -0.1) is 0 Å². The average molecular weight is 199 g/mol. The molecule has 1 aromatic heterocycles. The summed E-state index contributed by atoms with van der Waals surface area (Å²) in [5, 5.41) is 11.4. The highest BCUT2D eigenvalue weighted by Crippen LogP contribution is 2.36. The Balaban J connectivity index is 2.60. The summed E-state index contributed by atoms with van der Waals surface area (Å²) in [5.74, 6) is 0.0570. The van der Waals surface area contributed by atoms with E-state index in [0.717, 1.165) is 16.4 Å². The topological polar surface area (TPSA) is 59.4 Å². The summed E-state index contributed by atoms with van der Waals surface area (Å²) in [5.41, 5.74) is 7.37. The number of benzene rings is 2. The van der Waals surface area contributed by atoms with E-state index in [-0.39, 0.29) is 5.75 Å². The predicted molar refractivity (Wildman–Crippen MR) is 59.8 cm³/mol. The van der Waals surface area contributed by atoms with Gasteiger partial charge < -0.3 is 15.3 Å². The van der Waals surface area contributed by atoms with Crippen molar-refractivity contribution >= 4 is 27.6 Å². The van der Waals surface area contributed by atoms with Crippen LogP contribution in [0, 0.1) is 0 Å². The first-order chi connectivity index (χ1) is 7.27. The van der Waals surface area contributed by atoms with Crippen LogP contribution in [0.2, 0.25) is 0 Å². The lowest BCUT2D eigenvalue weighted by Gasteiger charge is -1.97. The van der Waals surface area contributed by atoms with Crippen molar-refractivity contribution in [2.45, 2.75) is 0 Å². The van der Waals surface area contributed by atoms with Crippen LogP contribution >= 0.6 is 0 Å². The number of para-hydroxylation sites is 1. The molecular weight excluding hydrogens is 190 g/mol. The van der Waals surface area contributed by atoms with Crippen LogP contribution in [0.4, 0.5) is 5.69 Å². The fraction of sp³-hybridized carbons (Fsp3) is 0. The van der Waals surface area contributed by atoms with Crippen LogP contribution in [0.1, 0.15) is 0 Å². The van der Waals surface area contributed by atoms with E-state index in [9.17, 15) is 5.11 Å². The largest absolute Gasteiger partial charge is 0.506 e. The third-order valence-electron chi connectivity index (χ3n) is 2.56. The summed E-state index contributed by atoms with van der Waals surface area (Å²) < 4.78 is 5.58. The number of fused-ring (bicyclic) bond motifs is 3. The van der Waals surface area contributed by atoms with Gasteiger partial charge in [0.1, 0.15) is 17.0 Å². The molecule has 0 amide bonds. The number of phenols is 1. The molecule has 2 aromatic carbocycles. The van der Waals surface area contributed by atoms with Gasteiger partial charge in [-0.2, -0.15) is 0 Å². The van der Waals surface area contributed by atoms with Crippen molar-refractivity contribution in [3.05, 3.63) is 36.4 Å². The zero-order valence-electron chi connectivity index (χ0n) is 7.90. The Morgan fingerprint density at radius 1 is 1.00 bits per heavy atom. The van der Waals surface area contributed by atoms with Gasteiger partial charge in [-0.05, 0) is 18.2 Å². The molecule has 3 aromatic rings. The van der Waals surface area contributed by atoms with Crippen molar-refractivity contribution < 1.29 is 9.52 Å². The van der Waals surface area contributed by atoms with Crippen LogP contribution in [0.3, 0.4) is 0 Å². The molecule has 3 heteroatoms. The Morgan fingerprint density at radius 2 is 1.80 bits per heavy atom. The third-order valence-corrected chi connectivity index (χ3v) is 2.56. The molecule has 0 spiro atoms. The number of nitrogen functional groups attached to an aromatic ring is 1. The lowest BCUT2D eigenvalue weighted by molar-refractivity contribution is 0.477. The van der Waals surface area contributed by atoms with E-state index in [0.29, 0.717) is 11.3 Å². The first-order valence-corrected chi connectivity index (χ1v) is 4.66. The zero-order valence-corrected chi connectivity index (χ0v) is 7.90. The normalized spacial score (nSPS) is 11.2. The molecule has 0 aliphatic rings. The maximum absolute atomic E-state index is 9.46. The van der Waals surface area contributed by atoms with Crippen LogP contribution < -0.4 is 5.73 Å². The molecule has 0 saturated carbocycles. The van der Waals surface area contributed by atoms with Gasteiger partial charge >= 0.3 is 0 Å². The molecule has 0 fully saturated rings. The monoisotopic (exact) mass is 199 g/mol. The van der Waals surface area contributed by atoms with E-state index >= 15 is 0 Å². The van der Waals surface area contributed by atoms with Crippen LogP contribution in [0.5, 0.6) is 5.75 Å². The van der Waals surface area contributed by atoms with Gasteiger partial charge in [0.05, 0.1) is 0 Å². The van der Waals surface area contributed by atoms with E-state index < -0.39 is 0 Å². The van der Waals surface area contributed by atoms with Gasteiger partial charge in [0, 0.05) is 10.8 Å². The fourth-order valence-corrected chi connectivity index (χ4v) is 1.80. The first-order valence-electron chi connectivity index (χ1n) is 4.66. The number of anilines is 1. The number of hydrogen-bond acceptors (Lipinski definition) is 3. The molecule has 0 radical (unpaired) electrons. The summed E-state index contributed by atoms with van der Waals surface area (Å²) in [4.78, 5) is 0. The van der Waals surface area contributed by atoms with Crippen molar-refractivity contribution in [1.29, 1.82) is 0 Å². The number of phenolic OH excluding ortho intramolecular Hbond substituents is 1. The van der Waals surface area contributed by atoms with Crippen molar-refractivity contribution in [2.24, 2.45) is 0 Å². The standard InChI is InChI=1S/C12H9NO2/c13-11-9(14)6-5-8-7-3-1-2-4-10(7)15-12(8)11/h1-6,14H,13H2. The SMILES string of the molecule is Nc1c(O)ccc2c1oc1ccccc12. The molecule has 15 heavy (non-hydrogen) atoms. The lowest BCUT2D eigenvalue weighted by atomic mass is 10.1. The molecule has 0 atom stereocenters. The van der Waals surface area contributed by atoms with Gasteiger partial charge in [0.15, 0.2) is 5.58 Å². The highest BCUT2D eigenvalue weighted by atomic mass is 16.3. The Hall–Kier alpha value is -2.16. The number of aromatic hydroxyl groups is 1. The summed E-state index contributed by atoms with van der Waals surface area (Å²) >= 11 is 0. The van der Waals surface area contributed by atoms with Crippen LogP contribution in [0.25, 0.3) is 21.9 Å². The first kappa shape index (κ1) is 8.17. The molecule has 0 unspecified atom stereocenters. The molecule has 0 aliphatic carbocycles. The second kappa shape index (κ2) is 2.67. The smallest absolute Gasteiger partial charge is 0.162 e. The molecule has 3 N–H and O–H groups in total. The van der Waals surface area contributed by atoms with Crippen LogP contribution in [-0.2, 0) is 0 Å². The van der Waals surface area contributed by atoms with Crippen molar-refractivity contribution in [3.8, 4) is 5.75 Å². The molecule has 74 valence electrons. The fourth-order valence-electron chi connectivity index (χ4n) is 1.80. The number of furan rings is 1. The van der Waals surface area contributed by atoms with Gasteiger partial charge in [0.25, 0.3) is 0 Å². The van der Waals surface area contributed by atoms with E-state index in [1.54, 1.807) is 6.07 Å². The summed E-state index contributed by atoms with van der Waals surface area (Å²) in [6.45, 7) is 0. The van der Waals surface area contributed by atoms with Crippen LogP contribution in [-0.4, -0.2) is 5.11 Å². The molecule has 0 saturated heterocycles. The van der Waals surface area contributed by atoms with Gasteiger partial charge in [0.2, 0.25) is 0 Å². The second-order valence-corrected chi connectivity index (χ2v) is 3.47. The van der Waals surface area contributed by atoms with Gasteiger partial charge in [-0.25, -0.2) is 0 Å². The van der Waals surface area contributed by atoms with Crippen molar-refractivity contribution in [2.75, 3.05) is 5.73 Å². The van der Waals surface area contributed by atoms with Crippen molar-refractivity contribution in [1.82, 2.24) is 0 Å². The summed E-state index contributed by atoms with van der Waals surface area (Å²) in [6, 6.07) is 11.1. The predicted octanol–water partition coefficient (Wildman–Crippen LogP) is 2.87. The molecule has 3 rings (SSSR count). The average Bonchev–Trinajstić information content (AvgIpc) is 2.63. The van der Waals surface area contributed by atoms with Crippen molar-refractivity contribution in [3.63, 3.8) is 0 Å². The molecule has 3 nitrogen and oxygen atoms in total. The minimum atomic E-state index is 0.0570. The minimum absolute atomic E-state index is 0.0570. The summed E-state index contributed by atoms with van der Waals surface area (Å²) in [7, 11) is 0. The van der Waals surface area contributed by atoms with E-state index in [2.05, 4.69) is 0 Å². The molecular formula is C12H9NO2. The highest BCUT2D eigenvalue weighted by molar-refractivity contribution is 6.09. The Morgan fingerprint density at radius 3 is 2.67 bits per heavy atom. The maximum atomic E-state index is 9.46. The van der Waals surface area contributed by atoms with E-state index in [1.165, 1.54) is 0 Å². The third kappa shape index (κ3) is 1.00.